The van der Waals surface area contributed by atoms with Crippen molar-refractivity contribution in [1.82, 2.24) is 14.5 Å². The first kappa shape index (κ1) is 13.3. The van der Waals surface area contributed by atoms with Crippen molar-refractivity contribution in [1.29, 1.82) is 0 Å². The lowest BCUT2D eigenvalue weighted by Crippen LogP contribution is -2.33. The Morgan fingerprint density at radius 3 is 3.10 bits per heavy atom. The Morgan fingerprint density at radius 1 is 1.50 bits per heavy atom. The number of hydrogen-bond acceptors (Lipinski definition) is 5. The van der Waals surface area contributed by atoms with E-state index in [-0.39, 0.29) is 0 Å². The van der Waals surface area contributed by atoms with E-state index in [9.17, 15) is 4.79 Å². The van der Waals surface area contributed by atoms with Gasteiger partial charge in [0.2, 0.25) is 0 Å². The summed E-state index contributed by atoms with van der Waals surface area (Å²) in [6.07, 6.45) is 5.78. The zero-order valence-corrected chi connectivity index (χ0v) is 12.6. The van der Waals surface area contributed by atoms with Crippen molar-refractivity contribution in [2.75, 3.05) is 11.4 Å². The molecule has 1 aliphatic rings. The standard InChI is InChI=1S/C14H18N4OS/c1-3-10(2)13-11(9-19)20-14(16-13)18-7-6-17-5-4-15-12(17)8-18/h4-5,9-10H,3,6-8H2,1-2H3. The van der Waals surface area contributed by atoms with Gasteiger partial charge in [-0.3, -0.25) is 4.79 Å². The number of anilines is 1. The van der Waals surface area contributed by atoms with Crippen molar-refractivity contribution >= 4 is 22.8 Å². The summed E-state index contributed by atoms with van der Waals surface area (Å²) in [5, 5.41) is 0.941. The Morgan fingerprint density at radius 2 is 2.35 bits per heavy atom. The van der Waals surface area contributed by atoms with Gasteiger partial charge in [0, 0.05) is 25.5 Å². The van der Waals surface area contributed by atoms with Crippen LogP contribution in [0.15, 0.2) is 12.4 Å². The quantitative estimate of drug-likeness (QED) is 0.812. The molecule has 6 heteroatoms. The van der Waals surface area contributed by atoms with Crippen LogP contribution < -0.4 is 4.90 Å². The molecule has 0 saturated carbocycles. The molecule has 1 atom stereocenters. The Balaban J connectivity index is 1.88. The van der Waals surface area contributed by atoms with Gasteiger partial charge in [-0.1, -0.05) is 25.2 Å². The van der Waals surface area contributed by atoms with Gasteiger partial charge in [-0.2, -0.15) is 0 Å². The molecule has 0 aliphatic carbocycles. The smallest absolute Gasteiger partial charge is 0.186 e. The second-order valence-electron chi connectivity index (χ2n) is 5.13. The predicted octanol–water partition coefficient (Wildman–Crippen LogP) is 2.69. The molecule has 20 heavy (non-hydrogen) atoms. The van der Waals surface area contributed by atoms with Gasteiger partial charge >= 0.3 is 0 Å². The van der Waals surface area contributed by atoms with Crippen LogP contribution in [-0.2, 0) is 13.1 Å². The lowest BCUT2D eigenvalue weighted by atomic mass is 10.0. The number of thiazole rings is 1. The highest BCUT2D eigenvalue weighted by Crippen LogP contribution is 2.32. The molecule has 2 aromatic heterocycles. The summed E-state index contributed by atoms with van der Waals surface area (Å²) in [6.45, 7) is 6.84. The number of fused-ring (bicyclic) bond motifs is 1. The number of carbonyl (C=O) groups is 1. The van der Waals surface area contributed by atoms with E-state index in [1.165, 1.54) is 11.3 Å². The number of imidazole rings is 1. The van der Waals surface area contributed by atoms with E-state index in [2.05, 4.69) is 28.3 Å². The van der Waals surface area contributed by atoms with Crippen molar-refractivity contribution in [2.45, 2.75) is 39.3 Å². The van der Waals surface area contributed by atoms with Crippen LogP contribution in [-0.4, -0.2) is 27.4 Å². The minimum absolute atomic E-state index is 0.326. The highest BCUT2D eigenvalue weighted by atomic mass is 32.1. The second-order valence-corrected chi connectivity index (χ2v) is 6.14. The van der Waals surface area contributed by atoms with Crippen LogP contribution >= 0.6 is 11.3 Å². The molecular weight excluding hydrogens is 272 g/mol. The van der Waals surface area contributed by atoms with Gasteiger partial charge in [-0.25, -0.2) is 9.97 Å². The van der Waals surface area contributed by atoms with Crippen molar-refractivity contribution < 1.29 is 4.79 Å². The zero-order chi connectivity index (χ0) is 14.1. The Bertz CT molecular complexity index is 618. The first-order valence-electron chi connectivity index (χ1n) is 6.93. The van der Waals surface area contributed by atoms with E-state index in [1.807, 2.05) is 12.4 Å². The molecule has 0 spiro atoms. The fourth-order valence-electron chi connectivity index (χ4n) is 2.43. The molecule has 0 saturated heterocycles. The van der Waals surface area contributed by atoms with Crippen molar-refractivity contribution in [3.63, 3.8) is 0 Å². The van der Waals surface area contributed by atoms with Crippen LogP contribution in [0.2, 0.25) is 0 Å². The van der Waals surface area contributed by atoms with E-state index in [4.69, 9.17) is 4.98 Å². The fourth-order valence-corrected chi connectivity index (χ4v) is 3.46. The summed E-state index contributed by atoms with van der Waals surface area (Å²) in [4.78, 5) is 23.3. The average Bonchev–Trinajstić information content (AvgIpc) is 3.11. The largest absolute Gasteiger partial charge is 0.339 e. The molecule has 0 bridgehead atoms. The Hall–Kier alpha value is -1.69. The molecule has 0 N–H and O–H groups in total. The number of rotatable bonds is 4. The topological polar surface area (TPSA) is 51.0 Å². The lowest BCUT2D eigenvalue weighted by Gasteiger charge is -2.27. The van der Waals surface area contributed by atoms with Crippen LogP contribution in [0.5, 0.6) is 0 Å². The van der Waals surface area contributed by atoms with Crippen LogP contribution in [0.3, 0.4) is 0 Å². The van der Waals surface area contributed by atoms with Gasteiger partial charge in [0.1, 0.15) is 5.82 Å². The van der Waals surface area contributed by atoms with E-state index in [0.29, 0.717) is 5.92 Å². The molecule has 2 aromatic rings. The molecule has 0 radical (unpaired) electrons. The normalized spacial score (nSPS) is 16.0. The maximum atomic E-state index is 11.2. The third-order valence-electron chi connectivity index (χ3n) is 3.87. The van der Waals surface area contributed by atoms with E-state index < -0.39 is 0 Å². The minimum atomic E-state index is 0.326. The molecule has 5 nitrogen and oxygen atoms in total. The summed E-state index contributed by atoms with van der Waals surface area (Å²) < 4.78 is 2.17. The monoisotopic (exact) mass is 290 g/mol. The molecule has 1 unspecified atom stereocenters. The number of hydrogen-bond donors (Lipinski definition) is 0. The van der Waals surface area contributed by atoms with Gasteiger partial charge in [0.15, 0.2) is 11.4 Å². The van der Waals surface area contributed by atoms with Crippen molar-refractivity contribution in [2.24, 2.45) is 0 Å². The maximum absolute atomic E-state index is 11.2. The van der Waals surface area contributed by atoms with Crippen molar-refractivity contribution in [3.05, 3.63) is 28.8 Å². The van der Waals surface area contributed by atoms with Gasteiger partial charge < -0.3 is 9.47 Å². The molecule has 0 fully saturated rings. The SMILES string of the molecule is CCC(C)c1nc(N2CCn3ccnc3C2)sc1C=O. The number of aldehydes is 1. The number of nitrogens with zero attached hydrogens (tertiary/aromatic N) is 4. The van der Waals surface area contributed by atoms with Gasteiger partial charge in [0.05, 0.1) is 17.1 Å². The third kappa shape index (κ3) is 2.24. The summed E-state index contributed by atoms with van der Waals surface area (Å²) in [5.41, 5.74) is 0.941. The summed E-state index contributed by atoms with van der Waals surface area (Å²) in [6, 6.07) is 0. The molecular formula is C14H18N4OS. The van der Waals surface area contributed by atoms with E-state index >= 15 is 0 Å². The number of aromatic nitrogens is 3. The highest BCUT2D eigenvalue weighted by Gasteiger charge is 2.22. The third-order valence-corrected chi connectivity index (χ3v) is 4.93. The molecule has 0 aromatic carbocycles. The van der Waals surface area contributed by atoms with Crippen LogP contribution in [0.4, 0.5) is 5.13 Å². The Labute approximate surface area is 122 Å². The molecule has 1 aliphatic heterocycles. The minimum Gasteiger partial charge on any atom is -0.339 e. The van der Waals surface area contributed by atoms with Gasteiger partial charge in [-0.05, 0) is 12.3 Å². The summed E-state index contributed by atoms with van der Waals surface area (Å²) >= 11 is 1.50. The molecule has 0 amide bonds. The summed E-state index contributed by atoms with van der Waals surface area (Å²) in [7, 11) is 0. The van der Waals surface area contributed by atoms with Crippen molar-refractivity contribution in [3.8, 4) is 0 Å². The maximum Gasteiger partial charge on any atom is 0.186 e. The van der Waals surface area contributed by atoms with Crippen LogP contribution in [0, 0.1) is 0 Å². The average molecular weight is 290 g/mol. The first-order valence-corrected chi connectivity index (χ1v) is 7.75. The fraction of sp³-hybridized carbons (Fsp3) is 0.500. The zero-order valence-electron chi connectivity index (χ0n) is 11.7. The van der Waals surface area contributed by atoms with Crippen LogP contribution in [0.1, 0.15) is 47.4 Å². The van der Waals surface area contributed by atoms with E-state index in [0.717, 1.165) is 53.9 Å². The van der Waals surface area contributed by atoms with E-state index in [1.54, 1.807) is 0 Å². The van der Waals surface area contributed by atoms with Gasteiger partial charge in [-0.15, -0.1) is 0 Å². The van der Waals surface area contributed by atoms with Gasteiger partial charge in [0.25, 0.3) is 0 Å². The highest BCUT2D eigenvalue weighted by molar-refractivity contribution is 7.17. The number of carbonyl (C=O) groups excluding carboxylic acids is 1. The van der Waals surface area contributed by atoms with Crippen LogP contribution in [0.25, 0.3) is 0 Å². The predicted molar refractivity (Wildman–Crippen MR) is 79.5 cm³/mol. The second kappa shape index (κ2) is 5.36. The Kier molecular flexibility index (Phi) is 3.56. The first-order chi connectivity index (χ1) is 9.72. The molecule has 3 rings (SSSR count). The molecule has 106 valence electrons. The molecule has 3 heterocycles. The summed E-state index contributed by atoms with van der Waals surface area (Å²) in [5.74, 6) is 1.39. The lowest BCUT2D eigenvalue weighted by molar-refractivity contribution is 0.112.